The molecule has 0 fully saturated rings. The Morgan fingerprint density at radius 2 is 0.700 bits per heavy atom. The zero-order chi connectivity index (χ0) is 42.4. The van der Waals surface area contributed by atoms with Gasteiger partial charge in [-0.1, -0.05) is 96.1 Å². The van der Waals surface area contributed by atoms with Crippen LogP contribution in [0.25, 0.3) is 11.1 Å². The highest BCUT2D eigenvalue weighted by Gasteiger charge is 2.16. The summed E-state index contributed by atoms with van der Waals surface area (Å²) in [5, 5.41) is 0. The summed E-state index contributed by atoms with van der Waals surface area (Å²) in [6, 6.07) is 52.0. The Morgan fingerprint density at radius 1 is 0.433 bits per heavy atom. The molecule has 0 N–H and O–H groups in total. The first kappa shape index (κ1) is 42.9. The highest BCUT2D eigenvalue weighted by molar-refractivity contribution is 5.88. The van der Waals surface area contributed by atoms with E-state index in [-0.39, 0.29) is 11.9 Å². The lowest BCUT2D eigenvalue weighted by Crippen LogP contribution is -2.10. The van der Waals surface area contributed by atoms with Gasteiger partial charge in [-0.25, -0.2) is 9.59 Å². The molecule has 6 nitrogen and oxygen atoms in total. The molecule has 0 heterocycles. The lowest BCUT2D eigenvalue weighted by Gasteiger charge is -2.26. The van der Waals surface area contributed by atoms with Crippen LogP contribution in [0.5, 0.6) is 0 Å². The number of aryl methyl sites for hydroxylation is 4. The van der Waals surface area contributed by atoms with Crippen molar-refractivity contribution in [3.63, 3.8) is 0 Å². The van der Waals surface area contributed by atoms with Crippen molar-refractivity contribution >= 4 is 46.1 Å². The zero-order valence-electron chi connectivity index (χ0n) is 35.8. The predicted octanol–water partition coefficient (Wildman–Crippen LogP) is 13.8. The molecular formula is C54H56N2O4. The molecule has 0 aromatic heterocycles. The Morgan fingerprint density at radius 3 is 0.983 bits per heavy atom. The molecule has 0 atom stereocenters. The number of benzene rings is 6. The molecule has 0 saturated heterocycles. The molecular weight excluding hydrogens is 741 g/mol. The number of esters is 2. The summed E-state index contributed by atoms with van der Waals surface area (Å²) in [6.45, 7) is 12.2. The third-order valence-electron chi connectivity index (χ3n) is 10.8. The van der Waals surface area contributed by atoms with Crippen LogP contribution in [0.1, 0.15) is 62.8 Å². The molecule has 0 spiro atoms. The number of hydrogen-bond donors (Lipinski definition) is 0. The van der Waals surface area contributed by atoms with E-state index in [9.17, 15) is 9.59 Å². The van der Waals surface area contributed by atoms with E-state index in [0.717, 1.165) is 70.9 Å². The van der Waals surface area contributed by atoms with Gasteiger partial charge in [0.1, 0.15) is 0 Å². The third-order valence-corrected chi connectivity index (χ3v) is 10.8. The monoisotopic (exact) mass is 796 g/mol. The topological polar surface area (TPSA) is 59.1 Å². The molecule has 60 heavy (non-hydrogen) atoms. The number of rotatable bonds is 17. The number of carbonyl (C=O) groups excluding carboxylic acids is 2. The van der Waals surface area contributed by atoms with Crippen LogP contribution in [-0.4, -0.2) is 25.2 Å². The standard InChI is InChI=1S/C54H56N2O4/c1-7-41(5)53(57)59-37-9-11-43-17-29-49(30-18-43)55(47-25-13-39(3)14-26-47)51-33-21-45(22-34-51)46-23-35-52(36-24-46)56(48-27-15-40(4)16-28-48)50-31-19-44(20-32-50)12-10-38-60-54(58)42(6)8-2/h7-8,13-36H,9-12,37-38H2,1-6H3. The van der Waals surface area contributed by atoms with Crippen LogP contribution >= 0.6 is 0 Å². The van der Waals surface area contributed by atoms with Crippen LogP contribution in [-0.2, 0) is 31.9 Å². The molecule has 6 aromatic rings. The summed E-state index contributed by atoms with van der Waals surface area (Å²) in [7, 11) is 0. The summed E-state index contributed by atoms with van der Waals surface area (Å²) < 4.78 is 10.8. The summed E-state index contributed by atoms with van der Waals surface area (Å²) in [6.07, 6.45) is 6.73. The minimum absolute atomic E-state index is 0.252. The molecule has 0 aliphatic rings. The van der Waals surface area contributed by atoms with E-state index in [2.05, 4.69) is 169 Å². The van der Waals surface area contributed by atoms with Gasteiger partial charge in [-0.3, -0.25) is 0 Å². The number of hydrogen-bond acceptors (Lipinski definition) is 6. The predicted molar refractivity (Wildman–Crippen MR) is 248 cm³/mol. The first-order valence-corrected chi connectivity index (χ1v) is 20.9. The van der Waals surface area contributed by atoms with Gasteiger partial charge in [0.15, 0.2) is 0 Å². The minimum Gasteiger partial charge on any atom is -0.462 e. The molecule has 0 unspecified atom stereocenters. The Bertz CT molecular complexity index is 2200. The molecule has 0 amide bonds. The Hall–Kier alpha value is -6.66. The van der Waals surface area contributed by atoms with Gasteiger partial charge in [-0.2, -0.15) is 0 Å². The summed E-state index contributed by atoms with van der Waals surface area (Å²) in [4.78, 5) is 28.6. The normalized spacial score (nSPS) is 11.6. The zero-order valence-corrected chi connectivity index (χ0v) is 35.8. The van der Waals surface area contributed by atoms with Crippen molar-refractivity contribution in [1.29, 1.82) is 0 Å². The first-order chi connectivity index (χ1) is 29.1. The van der Waals surface area contributed by atoms with E-state index in [1.807, 2.05) is 13.8 Å². The van der Waals surface area contributed by atoms with Crippen LogP contribution in [0.15, 0.2) is 169 Å². The van der Waals surface area contributed by atoms with E-state index >= 15 is 0 Å². The van der Waals surface area contributed by atoms with Gasteiger partial charge >= 0.3 is 11.9 Å². The number of anilines is 6. The highest BCUT2D eigenvalue weighted by atomic mass is 16.5. The second-order valence-electron chi connectivity index (χ2n) is 15.2. The van der Waals surface area contributed by atoms with Crippen molar-refractivity contribution in [2.24, 2.45) is 0 Å². The molecule has 6 aromatic carbocycles. The summed E-state index contributed by atoms with van der Waals surface area (Å²) in [5.41, 5.74) is 14.8. The van der Waals surface area contributed by atoms with Gasteiger partial charge in [0.25, 0.3) is 0 Å². The fourth-order valence-corrected chi connectivity index (χ4v) is 6.86. The highest BCUT2D eigenvalue weighted by Crippen LogP contribution is 2.38. The molecule has 0 radical (unpaired) electrons. The fourth-order valence-electron chi connectivity index (χ4n) is 6.86. The van der Waals surface area contributed by atoms with Gasteiger partial charge in [-0.05, 0) is 162 Å². The van der Waals surface area contributed by atoms with Crippen LogP contribution in [0.3, 0.4) is 0 Å². The van der Waals surface area contributed by atoms with Gasteiger partial charge < -0.3 is 19.3 Å². The van der Waals surface area contributed by atoms with Gasteiger partial charge in [0.2, 0.25) is 0 Å². The average molecular weight is 797 g/mol. The molecule has 6 rings (SSSR count). The van der Waals surface area contributed by atoms with E-state index in [1.54, 1.807) is 26.0 Å². The minimum atomic E-state index is -0.252. The average Bonchev–Trinajstić information content (AvgIpc) is 3.28. The van der Waals surface area contributed by atoms with Gasteiger partial charge in [-0.15, -0.1) is 0 Å². The van der Waals surface area contributed by atoms with Crippen molar-refractivity contribution in [1.82, 2.24) is 0 Å². The van der Waals surface area contributed by atoms with Crippen molar-refractivity contribution in [2.45, 2.75) is 67.2 Å². The number of ether oxygens (including phenoxy) is 2. The summed E-state index contributed by atoms with van der Waals surface area (Å²) in [5.74, 6) is -0.503. The van der Waals surface area contributed by atoms with E-state index in [4.69, 9.17) is 9.47 Å². The molecule has 306 valence electrons. The third kappa shape index (κ3) is 11.3. The number of nitrogens with zero attached hydrogens (tertiary/aromatic N) is 2. The number of allylic oxidation sites excluding steroid dienone is 2. The fraction of sp³-hybridized carbons (Fsp3) is 0.222. The van der Waals surface area contributed by atoms with Crippen LogP contribution in [0, 0.1) is 13.8 Å². The lowest BCUT2D eigenvalue weighted by atomic mass is 10.0. The molecule has 0 saturated carbocycles. The van der Waals surface area contributed by atoms with Crippen LogP contribution in [0.4, 0.5) is 34.1 Å². The first-order valence-electron chi connectivity index (χ1n) is 20.9. The van der Waals surface area contributed by atoms with Crippen LogP contribution in [0.2, 0.25) is 0 Å². The Kier molecular flexibility index (Phi) is 14.9. The van der Waals surface area contributed by atoms with E-state index in [0.29, 0.717) is 24.4 Å². The largest absolute Gasteiger partial charge is 0.462 e. The van der Waals surface area contributed by atoms with Gasteiger partial charge in [0, 0.05) is 45.3 Å². The Labute approximate surface area is 356 Å². The molecule has 0 aliphatic heterocycles. The second-order valence-corrected chi connectivity index (χ2v) is 15.2. The maximum atomic E-state index is 12.0. The SMILES string of the molecule is CC=C(C)C(=O)OCCCc1ccc(N(c2ccc(C)cc2)c2ccc(-c3ccc(N(c4ccc(C)cc4)c4ccc(CCCOC(=O)C(C)=CC)cc4)cc3)cc2)cc1. The smallest absolute Gasteiger partial charge is 0.333 e. The maximum Gasteiger partial charge on any atom is 0.333 e. The summed E-state index contributed by atoms with van der Waals surface area (Å²) >= 11 is 0. The number of carbonyl (C=O) groups is 2. The Balaban J connectivity index is 1.17. The van der Waals surface area contributed by atoms with E-state index < -0.39 is 0 Å². The second kappa shape index (κ2) is 20.9. The van der Waals surface area contributed by atoms with Crippen molar-refractivity contribution < 1.29 is 19.1 Å². The van der Waals surface area contributed by atoms with Crippen LogP contribution < -0.4 is 9.80 Å². The van der Waals surface area contributed by atoms with Crippen molar-refractivity contribution in [2.75, 3.05) is 23.0 Å². The van der Waals surface area contributed by atoms with Crippen molar-refractivity contribution in [3.05, 3.63) is 191 Å². The van der Waals surface area contributed by atoms with Crippen molar-refractivity contribution in [3.8, 4) is 11.1 Å². The molecule has 0 aliphatic carbocycles. The molecule has 6 heteroatoms. The lowest BCUT2D eigenvalue weighted by molar-refractivity contribution is -0.139. The van der Waals surface area contributed by atoms with Gasteiger partial charge in [0.05, 0.1) is 13.2 Å². The maximum absolute atomic E-state index is 12.0. The van der Waals surface area contributed by atoms with E-state index in [1.165, 1.54) is 22.3 Å². The quantitative estimate of drug-likeness (QED) is 0.0520. The molecule has 0 bridgehead atoms.